The summed E-state index contributed by atoms with van der Waals surface area (Å²) in [6.45, 7) is 0. The maximum absolute atomic E-state index is 11.7. The van der Waals surface area contributed by atoms with E-state index >= 15 is 0 Å². The van der Waals surface area contributed by atoms with Crippen molar-refractivity contribution in [1.29, 1.82) is 0 Å². The largest absolute Gasteiger partial charge is 0.497 e. The number of hydrogen-bond donors (Lipinski definition) is 3. The van der Waals surface area contributed by atoms with Crippen LogP contribution in [0.15, 0.2) is 24.3 Å². The van der Waals surface area contributed by atoms with Gasteiger partial charge in [-0.1, -0.05) is 0 Å². The van der Waals surface area contributed by atoms with Crippen molar-refractivity contribution in [2.24, 2.45) is 0 Å². The topological polar surface area (TPSA) is 122 Å². The predicted octanol–water partition coefficient (Wildman–Crippen LogP) is 0.761. The average molecular weight is 323 g/mol. The first-order chi connectivity index (χ1) is 10.9. The van der Waals surface area contributed by atoms with Crippen LogP contribution in [0.2, 0.25) is 0 Å². The van der Waals surface area contributed by atoms with Crippen LogP contribution in [0.25, 0.3) is 6.08 Å². The highest BCUT2D eigenvalue weighted by atomic mass is 16.5. The third-order valence-electron chi connectivity index (χ3n) is 2.84. The second-order valence-corrected chi connectivity index (χ2v) is 4.44. The normalized spacial score (nSPS) is 11.7. The number of hydrogen-bond acceptors (Lipinski definition) is 5. The number of benzene rings is 1. The van der Waals surface area contributed by atoms with E-state index in [4.69, 9.17) is 19.7 Å². The van der Waals surface area contributed by atoms with E-state index in [0.29, 0.717) is 17.1 Å². The van der Waals surface area contributed by atoms with Crippen LogP contribution in [0.3, 0.4) is 0 Å². The molecule has 0 saturated carbocycles. The Kier molecular flexibility index (Phi) is 6.60. The molecule has 23 heavy (non-hydrogen) atoms. The van der Waals surface area contributed by atoms with Gasteiger partial charge in [-0.05, 0) is 24.3 Å². The Hall–Kier alpha value is -3.03. The van der Waals surface area contributed by atoms with Gasteiger partial charge in [-0.15, -0.1) is 0 Å². The first-order valence-electron chi connectivity index (χ1n) is 6.52. The van der Waals surface area contributed by atoms with Gasteiger partial charge in [-0.3, -0.25) is 9.59 Å². The van der Waals surface area contributed by atoms with E-state index in [9.17, 15) is 14.4 Å². The van der Waals surface area contributed by atoms with E-state index in [1.807, 2.05) is 0 Å². The van der Waals surface area contributed by atoms with E-state index in [2.05, 4.69) is 5.32 Å². The Balaban J connectivity index is 2.85. The molecule has 1 aromatic rings. The lowest BCUT2D eigenvalue weighted by molar-refractivity contribution is -0.146. The molecule has 8 nitrogen and oxygen atoms in total. The molecule has 1 rings (SSSR count). The number of methoxy groups -OCH3 is 2. The van der Waals surface area contributed by atoms with Crippen LogP contribution in [0.4, 0.5) is 0 Å². The lowest BCUT2D eigenvalue weighted by atomic mass is 10.1. The van der Waals surface area contributed by atoms with Crippen molar-refractivity contribution in [2.45, 2.75) is 12.5 Å². The van der Waals surface area contributed by atoms with Crippen LogP contribution in [0.5, 0.6) is 11.5 Å². The molecule has 0 heterocycles. The summed E-state index contributed by atoms with van der Waals surface area (Å²) in [5, 5.41) is 19.6. The Morgan fingerprint density at radius 1 is 1.22 bits per heavy atom. The van der Waals surface area contributed by atoms with Crippen LogP contribution in [-0.2, 0) is 14.4 Å². The number of carbonyl (C=O) groups excluding carboxylic acids is 1. The average Bonchev–Trinajstić information content (AvgIpc) is 2.51. The Bertz CT molecular complexity index is 624. The quantitative estimate of drug-likeness (QED) is 0.604. The molecule has 8 heteroatoms. The highest BCUT2D eigenvalue weighted by Gasteiger charge is 2.22. The zero-order chi connectivity index (χ0) is 17.4. The highest BCUT2D eigenvalue weighted by Crippen LogP contribution is 2.24. The summed E-state index contributed by atoms with van der Waals surface area (Å²) in [6.07, 6.45) is 1.79. The van der Waals surface area contributed by atoms with Gasteiger partial charge in [-0.25, -0.2) is 4.79 Å². The molecule has 0 saturated heterocycles. The van der Waals surface area contributed by atoms with Crippen molar-refractivity contribution in [1.82, 2.24) is 5.32 Å². The number of carboxylic acids is 2. The molecule has 0 bridgehead atoms. The van der Waals surface area contributed by atoms with E-state index in [0.717, 1.165) is 6.08 Å². The lowest BCUT2D eigenvalue weighted by Gasteiger charge is -2.10. The Morgan fingerprint density at radius 3 is 2.43 bits per heavy atom. The van der Waals surface area contributed by atoms with Gasteiger partial charge < -0.3 is 25.0 Å². The number of amides is 1. The summed E-state index contributed by atoms with van der Waals surface area (Å²) >= 11 is 0. The number of rotatable bonds is 8. The van der Waals surface area contributed by atoms with E-state index in [-0.39, 0.29) is 0 Å². The zero-order valence-electron chi connectivity index (χ0n) is 12.6. The summed E-state index contributed by atoms with van der Waals surface area (Å²) in [5.74, 6) is -2.43. The summed E-state index contributed by atoms with van der Waals surface area (Å²) in [7, 11) is 2.96. The fourth-order valence-corrected chi connectivity index (χ4v) is 1.73. The molecule has 1 amide bonds. The van der Waals surface area contributed by atoms with Gasteiger partial charge in [0.15, 0.2) is 0 Å². The van der Waals surface area contributed by atoms with E-state index in [1.54, 1.807) is 18.2 Å². The van der Waals surface area contributed by atoms with Crippen molar-refractivity contribution in [3.63, 3.8) is 0 Å². The van der Waals surface area contributed by atoms with Crippen LogP contribution in [-0.4, -0.2) is 48.3 Å². The second kappa shape index (κ2) is 8.42. The molecule has 0 fully saturated rings. The van der Waals surface area contributed by atoms with Crippen molar-refractivity contribution in [3.05, 3.63) is 29.8 Å². The molecule has 1 atom stereocenters. The van der Waals surface area contributed by atoms with Crippen LogP contribution in [0.1, 0.15) is 12.0 Å². The number of ether oxygens (including phenoxy) is 2. The molecular formula is C15H17NO7. The summed E-state index contributed by atoms with van der Waals surface area (Å²) < 4.78 is 10.2. The minimum Gasteiger partial charge on any atom is -0.497 e. The van der Waals surface area contributed by atoms with Gasteiger partial charge in [0.2, 0.25) is 5.91 Å². The number of carboxylic acid groups (broad SMARTS) is 2. The van der Waals surface area contributed by atoms with Gasteiger partial charge in [0, 0.05) is 11.6 Å². The highest BCUT2D eigenvalue weighted by molar-refractivity contribution is 5.95. The van der Waals surface area contributed by atoms with E-state index in [1.165, 1.54) is 20.3 Å². The zero-order valence-corrected chi connectivity index (χ0v) is 12.6. The maximum Gasteiger partial charge on any atom is 0.326 e. The molecule has 0 aliphatic heterocycles. The first kappa shape index (κ1) is 18.0. The van der Waals surface area contributed by atoms with Crippen molar-refractivity contribution in [3.8, 4) is 11.5 Å². The molecule has 0 aliphatic carbocycles. The molecule has 1 aromatic carbocycles. The van der Waals surface area contributed by atoms with Crippen LogP contribution < -0.4 is 14.8 Å². The Labute approximate surface area is 132 Å². The second-order valence-electron chi connectivity index (χ2n) is 4.44. The van der Waals surface area contributed by atoms with Crippen molar-refractivity contribution < 1.29 is 34.1 Å². The minimum absolute atomic E-state index is 0.496. The van der Waals surface area contributed by atoms with Gasteiger partial charge in [0.1, 0.15) is 17.5 Å². The smallest absolute Gasteiger partial charge is 0.326 e. The summed E-state index contributed by atoms with van der Waals surface area (Å²) in [4.78, 5) is 33.2. The molecular weight excluding hydrogens is 306 g/mol. The summed E-state index contributed by atoms with van der Waals surface area (Å²) in [5.41, 5.74) is 0.548. The molecule has 0 radical (unpaired) electrons. The fraction of sp³-hybridized carbons (Fsp3) is 0.267. The minimum atomic E-state index is -1.50. The third-order valence-corrected chi connectivity index (χ3v) is 2.84. The standard InChI is InChI=1S/C15H17NO7/c1-22-10-4-5-12(23-2)9(7-10)3-6-13(17)16-11(15(20)21)8-14(18)19/h3-7,11H,8H2,1-2H3,(H,16,17)(H,18,19)(H,20,21)/b6-3+. The summed E-state index contributed by atoms with van der Waals surface area (Å²) in [6, 6.07) is 3.47. The van der Waals surface area contributed by atoms with Gasteiger partial charge in [-0.2, -0.15) is 0 Å². The predicted molar refractivity (Wildman–Crippen MR) is 80.4 cm³/mol. The number of nitrogens with one attached hydrogen (secondary N) is 1. The SMILES string of the molecule is COc1ccc(OC)c(/C=C/C(=O)NC(CC(=O)O)C(=O)O)c1. The van der Waals surface area contributed by atoms with Crippen LogP contribution in [0, 0.1) is 0 Å². The lowest BCUT2D eigenvalue weighted by Crippen LogP contribution is -2.41. The van der Waals surface area contributed by atoms with Gasteiger partial charge >= 0.3 is 11.9 Å². The number of aliphatic carboxylic acids is 2. The van der Waals surface area contributed by atoms with Gasteiger partial charge in [0.05, 0.1) is 20.6 Å². The van der Waals surface area contributed by atoms with Gasteiger partial charge in [0.25, 0.3) is 0 Å². The Morgan fingerprint density at radius 2 is 1.91 bits per heavy atom. The van der Waals surface area contributed by atoms with E-state index < -0.39 is 30.3 Å². The molecule has 1 unspecified atom stereocenters. The molecule has 0 aliphatic rings. The molecule has 0 aromatic heterocycles. The molecule has 3 N–H and O–H groups in total. The monoisotopic (exact) mass is 323 g/mol. The van der Waals surface area contributed by atoms with Crippen molar-refractivity contribution in [2.75, 3.05) is 14.2 Å². The van der Waals surface area contributed by atoms with Crippen molar-refractivity contribution >= 4 is 23.9 Å². The third kappa shape index (κ3) is 5.70. The maximum atomic E-state index is 11.7. The number of carbonyl (C=O) groups is 3. The molecule has 0 spiro atoms. The molecule has 124 valence electrons. The fourth-order valence-electron chi connectivity index (χ4n) is 1.73. The first-order valence-corrected chi connectivity index (χ1v) is 6.52. The van der Waals surface area contributed by atoms with Crippen LogP contribution >= 0.6 is 0 Å².